The van der Waals surface area contributed by atoms with Gasteiger partial charge in [-0.1, -0.05) is 41.4 Å². The van der Waals surface area contributed by atoms with Gasteiger partial charge in [-0.25, -0.2) is 8.42 Å². The fourth-order valence-corrected chi connectivity index (χ4v) is 2.27. The van der Waals surface area contributed by atoms with Crippen molar-refractivity contribution in [1.29, 1.82) is 0 Å². The fraction of sp³-hybridized carbons (Fsp3) is 0.250. The molecule has 0 atom stereocenters. The highest BCUT2D eigenvalue weighted by Gasteiger charge is 2.35. The van der Waals surface area contributed by atoms with E-state index >= 15 is 0 Å². The van der Waals surface area contributed by atoms with E-state index in [4.69, 9.17) is 23.2 Å². The maximum atomic E-state index is 11.6. The zero-order valence-corrected chi connectivity index (χ0v) is 9.20. The topological polar surface area (TPSA) is 34.1 Å². The molecule has 0 heterocycles. The van der Waals surface area contributed by atoms with E-state index < -0.39 is 13.5 Å². The first-order valence-electron chi connectivity index (χ1n) is 3.53. The summed E-state index contributed by atoms with van der Waals surface area (Å²) in [5, 5.41) is 0. The van der Waals surface area contributed by atoms with E-state index in [0.29, 0.717) is 0 Å². The smallest absolute Gasteiger partial charge is 0.219 e. The molecule has 2 nitrogen and oxygen atoms in total. The van der Waals surface area contributed by atoms with Crippen molar-refractivity contribution in [3.05, 3.63) is 30.3 Å². The Morgan fingerprint density at radius 3 is 2.00 bits per heavy atom. The minimum absolute atomic E-state index is 0.127. The van der Waals surface area contributed by atoms with E-state index in [1.807, 2.05) is 0 Å². The van der Waals surface area contributed by atoms with Crippen molar-refractivity contribution < 1.29 is 8.42 Å². The predicted octanol–water partition coefficient (Wildman–Crippen LogP) is 2.61. The van der Waals surface area contributed by atoms with Gasteiger partial charge in [-0.05, 0) is 19.1 Å². The summed E-state index contributed by atoms with van der Waals surface area (Å²) in [6, 6.07) is 7.87. The van der Waals surface area contributed by atoms with Crippen molar-refractivity contribution in [2.75, 3.05) is 0 Å². The quantitative estimate of drug-likeness (QED) is 0.743. The predicted molar refractivity (Wildman–Crippen MR) is 53.7 cm³/mol. The third-order valence-corrected chi connectivity index (χ3v) is 4.58. The summed E-state index contributed by atoms with van der Waals surface area (Å²) in [6.07, 6.45) is 0. The van der Waals surface area contributed by atoms with Crippen LogP contribution in [0.5, 0.6) is 0 Å². The monoisotopic (exact) mass is 238 g/mol. The Bertz CT molecular complexity index is 378. The van der Waals surface area contributed by atoms with E-state index in [1.54, 1.807) is 18.2 Å². The zero-order valence-electron chi connectivity index (χ0n) is 6.87. The SMILES string of the molecule is CC(Cl)(Cl)S(=O)(=O)c1ccccc1. The molecule has 1 aromatic rings. The Labute approximate surface area is 87.4 Å². The van der Waals surface area contributed by atoms with Crippen molar-refractivity contribution in [3.63, 3.8) is 0 Å². The first kappa shape index (κ1) is 10.8. The van der Waals surface area contributed by atoms with Gasteiger partial charge in [0.05, 0.1) is 4.90 Å². The Morgan fingerprint density at radius 1 is 1.15 bits per heavy atom. The standard InChI is InChI=1S/C8H8Cl2O2S/c1-8(9,10)13(11,12)7-5-3-2-4-6-7/h2-6H,1H3. The van der Waals surface area contributed by atoms with E-state index in [9.17, 15) is 8.42 Å². The third-order valence-electron chi connectivity index (χ3n) is 1.53. The van der Waals surface area contributed by atoms with Crippen molar-refractivity contribution in [2.45, 2.75) is 15.5 Å². The number of hydrogen-bond donors (Lipinski definition) is 0. The van der Waals surface area contributed by atoms with Gasteiger partial charge in [-0.2, -0.15) is 0 Å². The van der Waals surface area contributed by atoms with Gasteiger partial charge in [0.15, 0.2) is 0 Å². The molecule has 72 valence electrons. The normalized spacial score (nSPS) is 12.8. The number of hydrogen-bond acceptors (Lipinski definition) is 2. The van der Waals surface area contributed by atoms with Crippen molar-refractivity contribution in [1.82, 2.24) is 0 Å². The van der Waals surface area contributed by atoms with Crippen LogP contribution in [0.25, 0.3) is 0 Å². The van der Waals surface area contributed by atoms with Crippen LogP contribution in [0, 0.1) is 0 Å². The van der Waals surface area contributed by atoms with Gasteiger partial charge in [0.25, 0.3) is 0 Å². The average molecular weight is 239 g/mol. The molecule has 0 radical (unpaired) electrons. The lowest BCUT2D eigenvalue weighted by atomic mass is 10.4. The van der Waals surface area contributed by atoms with Gasteiger partial charge in [0.2, 0.25) is 13.5 Å². The van der Waals surface area contributed by atoms with Gasteiger partial charge < -0.3 is 0 Å². The second kappa shape index (κ2) is 3.48. The number of benzene rings is 1. The molecule has 0 aromatic heterocycles. The lowest BCUT2D eigenvalue weighted by molar-refractivity contribution is 0.591. The average Bonchev–Trinajstić information content (AvgIpc) is 2.04. The van der Waals surface area contributed by atoms with E-state index in [1.165, 1.54) is 19.1 Å². The Kier molecular flexibility index (Phi) is 2.90. The lowest BCUT2D eigenvalue weighted by Gasteiger charge is -2.13. The molecule has 1 rings (SSSR count). The van der Waals surface area contributed by atoms with Crippen LogP contribution in [-0.4, -0.2) is 12.1 Å². The molecule has 0 bridgehead atoms. The first-order valence-corrected chi connectivity index (χ1v) is 5.77. The van der Waals surface area contributed by atoms with Crippen LogP contribution < -0.4 is 0 Å². The molecule has 5 heteroatoms. The fourth-order valence-electron chi connectivity index (χ4n) is 0.807. The summed E-state index contributed by atoms with van der Waals surface area (Å²) < 4.78 is 21.4. The summed E-state index contributed by atoms with van der Waals surface area (Å²) in [5.74, 6) is 0. The number of alkyl halides is 2. The van der Waals surface area contributed by atoms with Crippen molar-refractivity contribution in [3.8, 4) is 0 Å². The third kappa shape index (κ3) is 2.16. The molecule has 1 aromatic carbocycles. The molecule has 0 saturated heterocycles. The van der Waals surface area contributed by atoms with Crippen LogP contribution in [0.1, 0.15) is 6.92 Å². The van der Waals surface area contributed by atoms with Crippen LogP contribution in [0.15, 0.2) is 35.2 Å². The van der Waals surface area contributed by atoms with Crippen LogP contribution in [-0.2, 0) is 9.84 Å². The molecule has 13 heavy (non-hydrogen) atoms. The van der Waals surface area contributed by atoms with Gasteiger partial charge >= 0.3 is 0 Å². The summed E-state index contributed by atoms with van der Waals surface area (Å²) >= 11 is 11.1. The highest BCUT2D eigenvalue weighted by molar-refractivity contribution is 7.95. The zero-order chi connectivity index (χ0) is 10.1. The minimum Gasteiger partial charge on any atom is -0.221 e. The molecule has 0 aliphatic rings. The molecule has 0 fully saturated rings. The lowest BCUT2D eigenvalue weighted by Crippen LogP contribution is -2.22. The Hall–Kier alpha value is -0.250. The Balaban J connectivity index is 3.26. The van der Waals surface area contributed by atoms with Crippen molar-refractivity contribution >= 4 is 33.0 Å². The molecule has 0 saturated carbocycles. The minimum atomic E-state index is -3.65. The second-order valence-corrected chi connectivity index (χ2v) is 7.07. The summed E-state index contributed by atoms with van der Waals surface area (Å²) in [6.45, 7) is 1.23. The maximum Gasteiger partial charge on any atom is 0.219 e. The van der Waals surface area contributed by atoms with Crippen LogP contribution in [0.3, 0.4) is 0 Å². The molecular weight excluding hydrogens is 231 g/mol. The highest BCUT2D eigenvalue weighted by Crippen LogP contribution is 2.32. The first-order chi connectivity index (χ1) is 5.86. The molecular formula is C8H8Cl2O2S. The summed E-state index contributed by atoms with van der Waals surface area (Å²) in [7, 11) is -3.65. The molecule has 0 aliphatic carbocycles. The number of sulfone groups is 1. The van der Waals surface area contributed by atoms with Crippen LogP contribution in [0.2, 0.25) is 0 Å². The number of rotatable bonds is 2. The van der Waals surface area contributed by atoms with Gasteiger partial charge in [-0.3, -0.25) is 0 Å². The van der Waals surface area contributed by atoms with Crippen LogP contribution >= 0.6 is 23.2 Å². The molecule has 0 spiro atoms. The van der Waals surface area contributed by atoms with E-state index in [2.05, 4.69) is 0 Å². The van der Waals surface area contributed by atoms with E-state index in [-0.39, 0.29) is 4.90 Å². The number of halogens is 2. The maximum absolute atomic E-state index is 11.6. The van der Waals surface area contributed by atoms with Gasteiger partial charge in [0.1, 0.15) is 0 Å². The van der Waals surface area contributed by atoms with E-state index in [0.717, 1.165) is 0 Å². The molecule has 0 amide bonds. The highest BCUT2D eigenvalue weighted by atomic mass is 35.5. The summed E-state index contributed by atoms with van der Waals surface area (Å²) in [4.78, 5) is 0.127. The molecule has 0 aliphatic heterocycles. The van der Waals surface area contributed by atoms with Gasteiger partial charge in [0, 0.05) is 0 Å². The molecule has 0 unspecified atom stereocenters. The van der Waals surface area contributed by atoms with Gasteiger partial charge in [-0.15, -0.1) is 0 Å². The largest absolute Gasteiger partial charge is 0.221 e. The summed E-state index contributed by atoms with van der Waals surface area (Å²) in [5.41, 5.74) is 0. The Morgan fingerprint density at radius 2 is 1.62 bits per heavy atom. The second-order valence-electron chi connectivity index (χ2n) is 2.62. The van der Waals surface area contributed by atoms with Crippen LogP contribution in [0.4, 0.5) is 0 Å². The van der Waals surface area contributed by atoms with Crippen molar-refractivity contribution in [2.24, 2.45) is 0 Å². The molecule has 0 N–H and O–H groups in total.